The number of likely N-dealkylation sites (tertiary alicyclic amines) is 1. The molecule has 1 aromatic heterocycles. The first-order chi connectivity index (χ1) is 14.6. The molecule has 7 nitrogen and oxygen atoms in total. The van der Waals surface area contributed by atoms with Gasteiger partial charge in [0.15, 0.2) is 0 Å². The summed E-state index contributed by atoms with van der Waals surface area (Å²) in [4.78, 5) is 22.1. The van der Waals surface area contributed by atoms with Crippen LogP contribution in [0.15, 0.2) is 42.6 Å². The van der Waals surface area contributed by atoms with Crippen LogP contribution in [0.2, 0.25) is 0 Å². The van der Waals surface area contributed by atoms with E-state index in [0.29, 0.717) is 23.7 Å². The lowest BCUT2D eigenvalue weighted by Crippen LogP contribution is -2.49. The zero-order chi connectivity index (χ0) is 21.3. The van der Waals surface area contributed by atoms with Crippen molar-refractivity contribution in [1.82, 2.24) is 14.8 Å². The summed E-state index contributed by atoms with van der Waals surface area (Å²) in [5.41, 5.74) is 1.63. The molecule has 0 aliphatic carbocycles. The van der Waals surface area contributed by atoms with Gasteiger partial charge in [0.25, 0.3) is 0 Å². The summed E-state index contributed by atoms with van der Waals surface area (Å²) in [5.74, 6) is 1.26. The highest BCUT2D eigenvalue weighted by molar-refractivity contribution is 5.91. The van der Waals surface area contributed by atoms with Crippen molar-refractivity contribution in [3.05, 3.63) is 48.3 Å². The molecule has 1 fully saturated rings. The Bertz CT molecular complexity index is 807. The van der Waals surface area contributed by atoms with Gasteiger partial charge in [-0.15, -0.1) is 0 Å². The lowest BCUT2D eigenvalue weighted by molar-refractivity contribution is 0.130. The number of nitrogens with zero attached hydrogens (tertiary/aromatic N) is 3. The number of pyridine rings is 1. The Morgan fingerprint density at radius 1 is 1.20 bits per heavy atom. The highest BCUT2D eigenvalue weighted by atomic mass is 16.5. The predicted octanol–water partition coefficient (Wildman–Crippen LogP) is 3.66. The van der Waals surface area contributed by atoms with Gasteiger partial charge >= 0.3 is 6.03 Å². The van der Waals surface area contributed by atoms with Crippen molar-refractivity contribution in [2.24, 2.45) is 0 Å². The number of nitrogens with one attached hydrogen (secondary N) is 1. The van der Waals surface area contributed by atoms with Crippen molar-refractivity contribution >= 4 is 11.7 Å². The number of anilines is 1. The highest BCUT2D eigenvalue weighted by Crippen LogP contribution is 2.29. The number of rotatable bonds is 8. The quantitative estimate of drug-likeness (QED) is 0.717. The lowest BCUT2D eigenvalue weighted by atomic mass is 10.0. The molecule has 2 aromatic rings. The molecule has 0 saturated carbocycles. The molecule has 0 spiro atoms. The summed E-state index contributed by atoms with van der Waals surface area (Å²) in [6.45, 7) is 5.89. The van der Waals surface area contributed by atoms with Gasteiger partial charge < -0.3 is 24.6 Å². The molecule has 1 aliphatic rings. The van der Waals surface area contributed by atoms with E-state index in [4.69, 9.17) is 9.47 Å². The van der Waals surface area contributed by atoms with Crippen LogP contribution in [0, 0.1) is 0 Å². The highest BCUT2D eigenvalue weighted by Gasteiger charge is 2.28. The van der Waals surface area contributed by atoms with Gasteiger partial charge in [-0.1, -0.05) is 13.0 Å². The molecule has 3 rings (SSSR count). The van der Waals surface area contributed by atoms with Crippen LogP contribution in [0.4, 0.5) is 10.5 Å². The Morgan fingerprint density at radius 2 is 2.00 bits per heavy atom. The van der Waals surface area contributed by atoms with Crippen molar-refractivity contribution in [3.63, 3.8) is 0 Å². The minimum Gasteiger partial charge on any atom is -0.497 e. The van der Waals surface area contributed by atoms with Gasteiger partial charge in [0, 0.05) is 50.1 Å². The van der Waals surface area contributed by atoms with Crippen molar-refractivity contribution in [2.45, 2.75) is 32.2 Å². The van der Waals surface area contributed by atoms with Gasteiger partial charge in [-0.2, -0.15) is 0 Å². The second kappa shape index (κ2) is 10.8. The molecule has 1 saturated heterocycles. The summed E-state index contributed by atoms with van der Waals surface area (Å²) in [6.07, 6.45) is 4.47. The van der Waals surface area contributed by atoms with Gasteiger partial charge in [-0.3, -0.25) is 4.98 Å². The number of methoxy groups -OCH3 is 2. The number of ether oxygens (including phenoxy) is 2. The molecule has 2 heterocycles. The van der Waals surface area contributed by atoms with E-state index in [1.54, 1.807) is 26.5 Å². The number of urea groups is 1. The van der Waals surface area contributed by atoms with Crippen molar-refractivity contribution < 1.29 is 14.3 Å². The minimum atomic E-state index is -0.107. The molecule has 0 bridgehead atoms. The average molecular weight is 413 g/mol. The van der Waals surface area contributed by atoms with Gasteiger partial charge in [0.05, 0.1) is 19.9 Å². The molecule has 0 unspecified atom stereocenters. The fourth-order valence-electron chi connectivity index (χ4n) is 3.87. The van der Waals surface area contributed by atoms with E-state index in [1.807, 2.05) is 35.2 Å². The Morgan fingerprint density at radius 3 is 2.63 bits per heavy atom. The first kappa shape index (κ1) is 21.9. The van der Waals surface area contributed by atoms with Crippen molar-refractivity contribution in [1.29, 1.82) is 0 Å². The zero-order valence-corrected chi connectivity index (χ0v) is 18.1. The Kier molecular flexibility index (Phi) is 7.90. The molecule has 1 aliphatic heterocycles. The summed E-state index contributed by atoms with van der Waals surface area (Å²) in [7, 11) is 3.19. The normalized spacial score (nSPS) is 14.9. The molecule has 30 heavy (non-hydrogen) atoms. The van der Waals surface area contributed by atoms with E-state index in [1.165, 1.54) is 0 Å². The van der Waals surface area contributed by atoms with Crippen LogP contribution in [0.3, 0.4) is 0 Å². The maximum absolute atomic E-state index is 13.3. The number of benzene rings is 1. The topological polar surface area (TPSA) is 66.9 Å². The van der Waals surface area contributed by atoms with E-state index in [0.717, 1.165) is 44.6 Å². The largest absolute Gasteiger partial charge is 0.497 e. The molecule has 2 amide bonds. The molecule has 1 N–H and O–H groups in total. The number of carbonyl (C=O) groups is 1. The first-order valence-corrected chi connectivity index (χ1v) is 10.6. The summed E-state index contributed by atoms with van der Waals surface area (Å²) in [6, 6.07) is 11.4. The Labute approximate surface area is 179 Å². The summed E-state index contributed by atoms with van der Waals surface area (Å²) in [5, 5.41) is 3.04. The smallest absolute Gasteiger partial charge is 0.322 e. The molecular weight excluding hydrogens is 380 g/mol. The van der Waals surface area contributed by atoms with Gasteiger partial charge in [-0.05, 0) is 43.7 Å². The van der Waals surface area contributed by atoms with E-state index >= 15 is 0 Å². The van der Waals surface area contributed by atoms with Crippen molar-refractivity contribution in [3.8, 4) is 11.5 Å². The number of hydrogen-bond acceptors (Lipinski definition) is 5. The van der Waals surface area contributed by atoms with E-state index in [2.05, 4.69) is 22.1 Å². The van der Waals surface area contributed by atoms with Crippen LogP contribution in [0.5, 0.6) is 11.5 Å². The predicted molar refractivity (Wildman–Crippen MR) is 118 cm³/mol. The maximum atomic E-state index is 13.3. The monoisotopic (exact) mass is 412 g/mol. The fraction of sp³-hybridized carbons (Fsp3) is 0.478. The van der Waals surface area contributed by atoms with E-state index < -0.39 is 0 Å². The second-order valence-electron chi connectivity index (χ2n) is 7.43. The van der Waals surface area contributed by atoms with Crippen LogP contribution < -0.4 is 14.8 Å². The lowest BCUT2D eigenvalue weighted by Gasteiger charge is -2.38. The van der Waals surface area contributed by atoms with Gasteiger partial charge in [0.2, 0.25) is 0 Å². The molecule has 7 heteroatoms. The summed E-state index contributed by atoms with van der Waals surface area (Å²) >= 11 is 0. The van der Waals surface area contributed by atoms with E-state index in [9.17, 15) is 4.79 Å². The number of aromatic nitrogens is 1. The second-order valence-corrected chi connectivity index (χ2v) is 7.43. The minimum absolute atomic E-state index is 0.107. The third-order valence-electron chi connectivity index (χ3n) is 5.69. The Hall–Kier alpha value is -2.80. The van der Waals surface area contributed by atoms with Crippen molar-refractivity contribution in [2.75, 3.05) is 45.7 Å². The molecule has 0 radical (unpaired) electrons. The van der Waals surface area contributed by atoms with Crippen LogP contribution in [0.25, 0.3) is 0 Å². The molecular formula is C23H32N4O3. The third kappa shape index (κ3) is 5.63. The summed E-state index contributed by atoms with van der Waals surface area (Å²) < 4.78 is 10.7. The van der Waals surface area contributed by atoms with Gasteiger partial charge in [-0.25, -0.2) is 4.79 Å². The van der Waals surface area contributed by atoms with Gasteiger partial charge in [0.1, 0.15) is 11.5 Å². The number of piperidine rings is 1. The van der Waals surface area contributed by atoms with Crippen LogP contribution in [-0.2, 0) is 6.42 Å². The zero-order valence-electron chi connectivity index (χ0n) is 18.1. The standard InChI is InChI=1S/C23H32N4O3/c1-4-26-14-11-19(12-15-26)27(16-10-18-7-5-6-13-24-18)23(28)25-21-9-8-20(29-2)17-22(21)30-3/h5-9,13,17,19H,4,10-12,14-16H2,1-3H3,(H,25,28). The Balaban J connectivity index is 1.74. The first-order valence-electron chi connectivity index (χ1n) is 10.6. The fourth-order valence-corrected chi connectivity index (χ4v) is 3.87. The van der Waals surface area contributed by atoms with Crippen LogP contribution in [-0.4, -0.2) is 67.3 Å². The van der Waals surface area contributed by atoms with Crippen LogP contribution >= 0.6 is 0 Å². The molecule has 0 atom stereocenters. The third-order valence-corrected chi connectivity index (χ3v) is 5.69. The molecule has 162 valence electrons. The molecule has 1 aromatic carbocycles. The number of hydrogen-bond donors (Lipinski definition) is 1. The average Bonchev–Trinajstić information content (AvgIpc) is 2.80. The maximum Gasteiger partial charge on any atom is 0.322 e. The number of amides is 2. The van der Waals surface area contributed by atoms with Crippen LogP contribution in [0.1, 0.15) is 25.5 Å². The number of carbonyl (C=O) groups excluding carboxylic acids is 1. The van der Waals surface area contributed by atoms with E-state index in [-0.39, 0.29) is 12.1 Å². The SMILES string of the molecule is CCN1CCC(N(CCc2ccccn2)C(=O)Nc2ccc(OC)cc2OC)CC1.